The van der Waals surface area contributed by atoms with Crippen molar-refractivity contribution < 1.29 is 9.09 Å². The normalized spacial score (nSPS) is 13.4. The van der Waals surface area contributed by atoms with Crippen LogP contribution in [0.4, 0.5) is 0 Å². The van der Waals surface area contributed by atoms with Crippen LogP contribution in [-0.2, 0) is 9.09 Å². The molecule has 19 heavy (non-hydrogen) atoms. The molecule has 0 bridgehead atoms. The molecule has 0 N–H and O–H groups in total. The highest BCUT2D eigenvalue weighted by Crippen LogP contribution is 2.14. The van der Waals surface area contributed by atoms with Crippen LogP contribution in [0.2, 0.25) is 0 Å². The topological polar surface area (TPSA) is 26.3 Å². The fourth-order valence-electron chi connectivity index (χ4n) is 2.44. The summed E-state index contributed by atoms with van der Waals surface area (Å²) in [6, 6.07) is 0. The Hall–Kier alpha value is 0.190. The second-order valence-electron chi connectivity index (χ2n) is 5.72. The minimum absolute atomic E-state index is 0.190. The molecule has 0 aliphatic carbocycles. The Bertz CT molecular complexity index is 186. The third-order valence-corrected chi connectivity index (χ3v) is 4.33. The van der Waals surface area contributed by atoms with Gasteiger partial charge in [0.05, 0.1) is 6.10 Å². The molecule has 3 heteroatoms. The molecule has 2 unspecified atom stereocenters. The molecule has 0 heterocycles. The third kappa shape index (κ3) is 16.1. The molecule has 0 fully saturated rings. The monoisotopic (exact) mass is 290 g/mol. The van der Waals surface area contributed by atoms with Crippen molar-refractivity contribution in [2.24, 2.45) is 0 Å². The van der Waals surface area contributed by atoms with Crippen LogP contribution in [0.25, 0.3) is 0 Å². The summed E-state index contributed by atoms with van der Waals surface area (Å²) in [5.41, 5.74) is 0. The zero-order valence-electron chi connectivity index (χ0n) is 13.2. The summed E-state index contributed by atoms with van der Waals surface area (Å²) in [5, 5.41) is 0. The van der Waals surface area contributed by atoms with E-state index in [1.807, 2.05) is 6.92 Å². The van der Waals surface area contributed by atoms with Crippen molar-refractivity contribution in [1.82, 2.24) is 0 Å². The van der Waals surface area contributed by atoms with Gasteiger partial charge < -0.3 is 4.52 Å². The largest absolute Gasteiger partial charge is 0.329 e. The van der Waals surface area contributed by atoms with Gasteiger partial charge in [-0.3, -0.25) is 4.57 Å². The van der Waals surface area contributed by atoms with Crippen molar-refractivity contribution in [3.63, 3.8) is 0 Å². The number of hydrogen-bond acceptors (Lipinski definition) is 2. The van der Waals surface area contributed by atoms with E-state index in [2.05, 4.69) is 6.92 Å². The first kappa shape index (κ1) is 19.2. The fraction of sp³-hybridized carbons (Fsp3) is 1.00. The highest BCUT2D eigenvalue weighted by molar-refractivity contribution is 7.17. The second kappa shape index (κ2) is 16.2. The highest BCUT2D eigenvalue weighted by atomic mass is 31.1. The standard InChI is InChI=1S/C16H35O2P/c1-3-4-5-6-7-8-9-10-11-12-13-14-15-16(2)18-19-17/h16H,3-15,19H2,1-2H3. The van der Waals surface area contributed by atoms with Crippen LogP contribution in [0.1, 0.15) is 97.3 Å². The molecule has 0 saturated heterocycles. The minimum atomic E-state index is -1.02. The Morgan fingerprint density at radius 1 is 0.789 bits per heavy atom. The van der Waals surface area contributed by atoms with Gasteiger partial charge >= 0.3 is 0 Å². The van der Waals surface area contributed by atoms with Crippen LogP contribution in [0.5, 0.6) is 0 Å². The average Bonchev–Trinajstić information content (AvgIpc) is 2.40. The molecular weight excluding hydrogens is 255 g/mol. The molecule has 0 amide bonds. The van der Waals surface area contributed by atoms with Crippen LogP contribution >= 0.6 is 8.69 Å². The molecule has 2 atom stereocenters. The van der Waals surface area contributed by atoms with Gasteiger partial charge in [0, 0.05) is 0 Å². The highest BCUT2D eigenvalue weighted by Gasteiger charge is 2.00. The maximum atomic E-state index is 10.3. The SMILES string of the molecule is CCCCCCCCCCCCCCC(C)O[PH2]=O. The Kier molecular flexibility index (Phi) is 16.4. The van der Waals surface area contributed by atoms with Crippen LogP contribution in [0.15, 0.2) is 0 Å². The van der Waals surface area contributed by atoms with Crippen molar-refractivity contribution in [2.45, 2.75) is 103 Å². The van der Waals surface area contributed by atoms with E-state index in [9.17, 15) is 4.57 Å². The van der Waals surface area contributed by atoms with Crippen LogP contribution in [-0.4, -0.2) is 6.10 Å². The van der Waals surface area contributed by atoms with Crippen molar-refractivity contribution in [2.75, 3.05) is 0 Å². The summed E-state index contributed by atoms with van der Waals surface area (Å²) in [4.78, 5) is 0. The van der Waals surface area contributed by atoms with Crippen molar-refractivity contribution in [1.29, 1.82) is 0 Å². The summed E-state index contributed by atoms with van der Waals surface area (Å²) in [6.45, 7) is 4.29. The number of rotatable bonds is 15. The zero-order valence-corrected chi connectivity index (χ0v) is 14.3. The van der Waals surface area contributed by atoms with Crippen molar-refractivity contribution in [3.05, 3.63) is 0 Å². The fourth-order valence-corrected chi connectivity index (χ4v) is 2.76. The third-order valence-electron chi connectivity index (χ3n) is 3.75. The van der Waals surface area contributed by atoms with E-state index in [0.717, 1.165) is 6.42 Å². The van der Waals surface area contributed by atoms with Gasteiger partial charge in [0.1, 0.15) is 0 Å². The Morgan fingerprint density at radius 2 is 1.21 bits per heavy atom. The molecule has 0 aromatic carbocycles. The Morgan fingerprint density at radius 3 is 1.63 bits per heavy atom. The molecule has 2 nitrogen and oxygen atoms in total. The van der Waals surface area contributed by atoms with E-state index < -0.39 is 8.69 Å². The van der Waals surface area contributed by atoms with Gasteiger partial charge in [-0.1, -0.05) is 84.0 Å². The Labute approximate surface area is 122 Å². The predicted octanol–water partition coefficient (Wildman–Crippen LogP) is 6.15. The van der Waals surface area contributed by atoms with Crippen LogP contribution in [0, 0.1) is 0 Å². The summed E-state index contributed by atoms with van der Waals surface area (Å²) < 4.78 is 15.4. The smallest absolute Gasteiger partial charge is 0.180 e. The number of unbranched alkanes of at least 4 members (excludes halogenated alkanes) is 11. The van der Waals surface area contributed by atoms with Crippen molar-refractivity contribution in [3.8, 4) is 0 Å². The van der Waals surface area contributed by atoms with E-state index in [4.69, 9.17) is 4.52 Å². The lowest BCUT2D eigenvalue weighted by molar-refractivity contribution is 0.228. The first-order valence-corrected chi connectivity index (χ1v) is 9.34. The van der Waals surface area contributed by atoms with Gasteiger partial charge in [0.25, 0.3) is 0 Å². The van der Waals surface area contributed by atoms with E-state index >= 15 is 0 Å². The average molecular weight is 290 g/mol. The molecule has 0 aromatic rings. The lowest BCUT2D eigenvalue weighted by Crippen LogP contribution is -2.00. The molecule has 0 aliphatic heterocycles. The van der Waals surface area contributed by atoms with Gasteiger partial charge in [-0.15, -0.1) is 0 Å². The predicted molar refractivity (Wildman–Crippen MR) is 86.6 cm³/mol. The maximum Gasteiger partial charge on any atom is 0.180 e. The van der Waals surface area contributed by atoms with Crippen LogP contribution in [0.3, 0.4) is 0 Å². The lowest BCUT2D eigenvalue weighted by Gasteiger charge is -2.07. The molecule has 0 radical (unpaired) electrons. The quantitative estimate of drug-likeness (QED) is 0.267. The minimum Gasteiger partial charge on any atom is -0.329 e. The van der Waals surface area contributed by atoms with Gasteiger partial charge in [-0.2, -0.15) is 0 Å². The maximum absolute atomic E-state index is 10.3. The first-order valence-electron chi connectivity index (χ1n) is 8.40. The van der Waals surface area contributed by atoms with E-state index in [0.29, 0.717) is 0 Å². The molecule has 0 spiro atoms. The molecule has 116 valence electrons. The zero-order chi connectivity index (χ0) is 14.2. The summed E-state index contributed by atoms with van der Waals surface area (Å²) in [7, 11) is -1.02. The summed E-state index contributed by atoms with van der Waals surface area (Å²) >= 11 is 0. The summed E-state index contributed by atoms with van der Waals surface area (Å²) in [5.74, 6) is 0. The second-order valence-corrected chi connectivity index (χ2v) is 6.19. The molecule has 0 aliphatic rings. The molecule has 0 saturated carbocycles. The van der Waals surface area contributed by atoms with Gasteiger partial charge in [-0.25, -0.2) is 0 Å². The van der Waals surface area contributed by atoms with E-state index in [-0.39, 0.29) is 6.10 Å². The van der Waals surface area contributed by atoms with Crippen LogP contribution < -0.4 is 0 Å². The summed E-state index contributed by atoms with van der Waals surface area (Å²) in [6.07, 6.45) is 17.8. The van der Waals surface area contributed by atoms with Gasteiger partial charge in [-0.05, 0) is 13.3 Å². The number of hydrogen-bond donors (Lipinski definition) is 0. The van der Waals surface area contributed by atoms with E-state index in [1.165, 1.54) is 77.0 Å². The van der Waals surface area contributed by atoms with Gasteiger partial charge in [0.15, 0.2) is 8.69 Å². The molecular formula is C16H35O2P. The van der Waals surface area contributed by atoms with Crippen molar-refractivity contribution >= 4 is 8.69 Å². The molecule has 0 rings (SSSR count). The first-order chi connectivity index (χ1) is 9.31. The molecule has 0 aromatic heterocycles. The lowest BCUT2D eigenvalue weighted by atomic mass is 10.0. The van der Waals surface area contributed by atoms with E-state index in [1.54, 1.807) is 0 Å². The Balaban J connectivity index is 3.00. The van der Waals surface area contributed by atoms with Gasteiger partial charge in [0.2, 0.25) is 0 Å².